The summed E-state index contributed by atoms with van der Waals surface area (Å²) >= 11 is 0. The van der Waals surface area contributed by atoms with Gasteiger partial charge in [0.05, 0.1) is 12.1 Å². The van der Waals surface area contributed by atoms with Gasteiger partial charge in [-0.25, -0.2) is 5.01 Å². The molecule has 2 N–H and O–H groups in total. The molecule has 4 nitrogen and oxygen atoms in total. The maximum Gasteiger partial charge on any atom is 0.265 e. The summed E-state index contributed by atoms with van der Waals surface area (Å²) in [6.45, 7) is 5.81. The number of carbonyl (C=O) groups is 1. The van der Waals surface area contributed by atoms with E-state index in [0.29, 0.717) is 5.56 Å². The van der Waals surface area contributed by atoms with Crippen LogP contribution in [0.1, 0.15) is 40.1 Å². The van der Waals surface area contributed by atoms with Gasteiger partial charge >= 0.3 is 0 Å². The van der Waals surface area contributed by atoms with Crippen molar-refractivity contribution in [2.45, 2.75) is 32.9 Å². The Balaban J connectivity index is 2.05. The molecule has 0 aliphatic carbocycles. The van der Waals surface area contributed by atoms with Crippen molar-refractivity contribution in [3.8, 4) is 0 Å². The van der Waals surface area contributed by atoms with Gasteiger partial charge in [0, 0.05) is 12.6 Å². The van der Waals surface area contributed by atoms with Crippen molar-refractivity contribution in [2.24, 2.45) is 0 Å². The Bertz CT molecular complexity index is 650. The van der Waals surface area contributed by atoms with Crippen LogP contribution in [-0.4, -0.2) is 29.1 Å². The van der Waals surface area contributed by atoms with Crippen LogP contribution in [0.3, 0.4) is 0 Å². The molecule has 2 aromatic carbocycles. The van der Waals surface area contributed by atoms with Gasteiger partial charge < -0.3 is 5.11 Å². The lowest BCUT2D eigenvalue weighted by Crippen LogP contribution is -2.47. The van der Waals surface area contributed by atoms with Gasteiger partial charge in [-0.15, -0.1) is 0 Å². The number of hydrogen-bond acceptors (Lipinski definition) is 3. The first-order chi connectivity index (χ1) is 10.9. The quantitative estimate of drug-likeness (QED) is 0.835. The highest BCUT2D eigenvalue weighted by Crippen LogP contribution is 2.19. The van der Waals surface area contributed by atoms with Gasteiger partial charge in [-0.1, -0.05) is 47.5 Å². The maximum atomic E-state index is 12.4. The molecule has 0 aliphatic heterocycles. The van der Waals surface area contributed by atoms with Gasteiger partial charge in [0.1, 0.15) is 0 Å². The van der Waals surface area contributed by atoms with Crippen LogP contribution < -0.4 is 5.43 Å². The number of aliphatic hydroxyl groups excluding tert-OH is 1. The first kappa shape index (κ1) is 17.2. The third-order valence-electron chi connectivity index (χ3n) is 3.97. The lowest BCUT2D eigenvalue weighted by Gasteiger charge is -2.29. The third kappa shape index (κ3) is 4.41. The standard InChI is InChI=1S/C19H24N2O2/c1-13-10-14(2)12-17(11-13)19(23)20-21(4)15(3)18(22)16-8-6-5-7-9-16/h5-12,15,18,22H,1-4H3,(H,20,23)/t15-,18-/m1/s1. The van der Waals surface area contributed by atoms with Crippen molar-refractivity contribution in [3.63, 3.8) is 0 Å². The van der Waals surface area contributed by atoms with E-state index < -0.39 is 6.10 Å². The Kier molecular flexibility index (Phi) is 5.53. The van der Waals surface area contributed by atoms with Gasteiger partial charge in [0.15, 0.2) is 0 Å². The topological polar surface area (TPSA) is 52.6 Å². The molecule has 2 atom stereocenters. The summed E-state index contributed by atoms with van der Waals surface area (Å²) in [5, 5.41) is 12.1. The molecule has 23 heavy (non-hydrogen) atoms. The van der Waals surface area contributed by atoms with Gasteiger partial charge in [0.25, 0.3) is 5.91 Å². The molecule has 0 fully saturated rings. The number of carbonyl (C=O) groups excluding carboxylic acids is 1. The fourth-order valence-electron chi connectivity index (χ4n) is 2.57. The van der Waals surface area contributed by atoms with Crippen LogP contribution in [0.2, 0.25) is 0 Å². The van der Waals surface area contributed by atoms with E-state index in [1.807, 2.05) is 69.3 Å². The number of amides is 1. The summed E-state index contributed by atoms with van der Waals surface area (Å²) in [5.41, 5.74) is 6.39. The molecular weight excluding hydrogens is 288 g/mol. The van der Waals surface area contributed by atoms with E-state index in [2.05, 4.69) is 5.43 Å². The Morgan fingerprint density at radius 2 is 1.65 bits per heavy atom. The van der Waals surface area contributed by atoms with Crippen molar-refractivity contribution in [3.05, 3.63) is 70.8 Å². The molecule has 0 bridgehead atoms. The van der Waals surface area contributed by atoms with E-state index in [1.165, 1.54) is 0 Å². The zero-order valence-corrected chi connectivity index (χ0v) is 14.1. The summed E-state index contributed by atoms with van der Waals surface area (Å²) in [4.78, 5) is 12.4. The Morgan fingerprint density at radius 3 is 2.22 bits per heavy atom. The molecule has 0 saturated carbocycles. The van der Waals surface area contributed by atoms with Crippen LogP contribution in [0.25, 0.3) is 0 Å². The maximum absolute atomic E-state index is 12.4. The van der Waals surface area contributed by atoms with Crippen molar-refractivity contribution >= 4 is 5.91 Å². The second-order valence-corrected chi connectivity index (χ2v) is 6.02. The summed E-state index contributed by atoms with van der Waals surface area (Å²) in [7, 11) is 1.76. The summed E-state index contributed by atoms with van der Waals surface area (Å²) < 4.78 is 0. The molecule has 0 radical (unpaired) electrons. The molecule has 0 saturated heterocycles. The summed E-state index contributed by atoms with van der Waals surface area (Å²) in [6, 6.07) is 14.9. The van der Waals surface area contributed by atoms with Gasteiger partial charge in [-0.3, -0.25) is 10.2 Å². The number of nitrogens with one attached hydrogen (secondary N) is 1. The molecule has 1 amide bonds. The number of hydrazine groups is 1. The number of likely N-dealkylation sites (N-methyl/N-ethyl adjacent to an activating group) is 1. The van der Waals surface area contributed by atoms with Crippen LogP contribution in [0.15, 0.2) is 48.5 Å². The number of benzene rings is 2. The van der Waals surface area contributed by atoms with Crippen molar-refractivity contribution in [2.75, 3.05) is 7.05 Å². The molecule has 0 heterocycles. The van der Waals surface area contributed by atoms with E-state index in [9.17, 15) is 9.90 Å². The number of nitrogens with zero attached hydrogens (tertiary/aromatic N) is 1. The average molecular weight is 312 g/mol. The highest BCUT2D eigenvalue weighted by atomic mass is 16.3. The average Bonchev–Trinajstić information content (AvgIpc) is 2.53. The minimum Gasteiger partial charge on any atom is -0.387 e. The lowest BCUT2D eigenvalue weighted by atomic mass is 10.0. The molecule has 0 aliphatic rings. The Labute approximate surface area is 137 Å². The van der Waals surface area contributed by atoms with E-state index >= 15 is 0 Å². The second kappa shape index (κ2) is 7.40. The van der Waals surface area contributed by atoms with Crippen LogP contribution >= 0.6 is 0 Å². The predicted molar refractivity (Wildman–Crippen MR) is 92.0 cm³/mol. The molecular formula is C19H24N2O2. The molecule has 122 valence electrons. The van der Waals surface area contributed by atoms with Gasteiger partial charge in [0.2, 0.25) is 0 Å². The zero-order valence-electron chi connectivity index (χ0n) is 14.1. The first-order valence-corrected chi connectivity index (χ1v) is 7.73. The van der Waals surface area contributed by atoms with Crippen LogP contribution in [0.4, 0.5) is 0 Å². The highest BCUT2D eigenvalue weighted by Gasteiger charge is 2.22. The monoisotopic (exact) mass is 312 g/mol. The van der Waals surface area contributed by atoms with Crippen molar-refractivity contribution in [1.82, 2.24) is 10.4 Å². The third-order valence-corrected chi connectivity index (χ3v) is 3.97. The van der Waals surface area contributed by atoms with E-state index in [4.69, 9.17) is 0 Å². The number of rotatable bonds is 5. The van der Waals surface area contributed by atoms with E-state index in [0.717, 1.165) is 16.7 Å². The largest absolute Gasteiger partial charge is 0.387 e. The number of aryl methyl sites for hydroxylation is 2. The molecule has 2 aromatic rings. The Hall–Kier alpha value is -2.17. The highest BCUT2D eigenvalue weighted by molar-refractivity contribution is 5.94. The van der Waals surface area contributed by atoms with E-state index in [1.54, 1.807) is 12.1 Å². The second-order valence-electron chi connectivity index (χ2n) is 6.02. The van der Waals surface area contributed by atoms with E-state index in [-0.39, 0.29) is 11.9 Å². The smallest absolute Gasteiger partial charge is 0.265 e. The SMILES string of the molecule is Cc1cc(C)cc(C(=O)NN(C)[C@H](C)[C@@H](O)c2ccccc2)c1. The first-order valence-electron chi connectivity index (χ1n) is 7.73. The van der Waals surface area contributed by atoms with Crippen LogP contribution in [0, 0.1) is 13.8 Å². The van der Waals surface area contributed by atoms with Gasteiger partial charge in [-0.2, -0.15) is 0 Å². The van der Waals surface area contributed by atoms with Crippen molar-refractivity contribution < 1.29 is 9.90 Å². The van der Waals surface area contributed by atoms with Gasteiger partial charge in [-0.05, 0) is 38.5 Å². The molecule has 0 aromatic heterocycles. The Morgan fingerprint density at radius 1 is 1.09 bits per heavy atom. The molecule has 4 heteroatoms. The summed E-state index contributed by atoms with van der Waals surface area (Å²) in [6.07, 6.45) is -0.680. The minimum absolute atomic E-state index is 0.175. The predicted octanol–water partition coefficient (Wildman–Crippen LogP) is 3.00. The summed E-state index contributed by atoms with van der Waals surface area (Å²) in [5.74, 6) is -0.175. The molecule has 0 unspecified atom stereocenters. The normalized spacial score (nSPS) is 13.7. The number of hydrogen-bond donors (Lipinski definition) is 2. The zero-order chi connectivity index (χ0) is 17.0. The fraction of sp³-hybridized carbons (Fsp3) is 0.316. The number of aliphatic hydroxyl groups is 1. The molecule has 0 spiro atoms. The van der Waals surface area contributed by atoms with Crippen LogP contribution in [-0.2, 0) is 0 Å². The van der Waals surface area contributed by atoms with Crippen molar-refractivity contribution in [1.29, 1.82) is 0 Å². The van der Waals surface area contributed by atoms with Crippen LogP contribution in [0.5, 0.6) is 0 Å². The fourth-order valence-corrected chi connectivity index (χ4v) is 2.57. The minimum atomic E-state index is -0.680. The molecule has 2 rings (SSSR count). The lowest BCUT2D eigenvalue weighted by molar-refractivity contribution is 0.0386.